The number of rotatable bonds is 5. The van der Waals surface area contributed by atoms with Gasteiger partial charge in [0.1, 0.15) is 6.04 Å². The zero-order valence-corrected chi connectivity index (χ0v) is 17.1. The van der Waals surface area contributed by atoms with E-state index in [4.69, 9.17) is 0 Å². The Labute approximate surface area is 171 Å². The number of benzene rings is 3. The molecule has 1 aliphatic heterocycles. The maximum Gasteiger partial charge on any atom is 0.186 e. The number of thioether (sulfide) groups is 1. The van der Waals surface area contributed by atoms with Crippen LogP contribution in [0.25, 0.3) is 0 Å². The van der Waals surface area contributed by atoms with Crippen molar-refractivity contribution in [2.75, 3.05) is 4.90 Å². The van der Waals surface area contributed by atoms with Crippen molar-refractivity contribution in [2.24, 2.45) is 0 Å². The minimum atomic E-state index is -0.225. The Bertz CT molecular complexity index is 924. The van der Waals surface area contributed by atoms with Gasteiger partial charge in [0.2, 0.25) is 0 Å². The van der Waals surface area contributed by atoms with E-state index in [0.717, 1.165) is 17.7 Å². The maximum absolute atomic E-state index is 13.7. The predicted molar refractivity (Wildman–Crippen MR) is 119 cm³/mol. The van der Waals surface area contributed by atoms with Gasteiger partial charge < -0.3 is 4.90 Å². The molecule has 4 rings (SSSR count). The van der Waals surface area contributed by atoms with Crippen LogP contribution in [0, 0.1) is 0 Å². The fourth-order valence-electron chi connectivity index (χ4n) is 3.94. The number of carbonyl (C=O) groups is 1. The van der Waals surface area contributed by atoms with Gasteiger partial charge in [-0.15, -0.1) is 11.8 Å². The Morgan fingerprint density at radius 1 is 0.893 bits per heavy atom. The highest BCUT2D eigenvalue weighted by atomic mass is 32.2. The monoisotopic (exact) mass is 387 g/mol. The van der Waals surface area contributed by atoms with Gasteiger partial charge in [0.05, 0.1) is 10.6 Å². The highest BCUT2D eigenvalue weighted by Gasteiger charge is 2.44. The number of para-hydroxylation sites is 1. The summed E-state index contributed by atoms with van der Waals surface area (Å²) in [5, 5.41) is 0.325. The molecule has 3 aromatic carbocycles. The smallest absolute Gasteiger partial charge is 0.186 e. The third-order valence-electron chi connectivity index (χ3n) is 5.42. The molecule has 0 spiro atoms. The predicted octanol–water partition coefficient (Wildman–Crippen LogP) is 6.14. The minimum Gasteiger partial charge on any atom is -0.348 e. The van der Waals surface area contributed by atoms with Gasteiger partial charge in [-0.25, -0.2) is 0 Å². The second-order valence-corrected chi connectivity index (χ2v) is 8.63. The van der Waals surface area contributed by atoms with Crippen LogP contribution in [0.3, 0.4) is 0 Å². The molecule has 1 heterocycles. The topological polar surface area (TPSA) is 20.3 Å². The summed E-state index contributed by atoms with van der Waals surface area (Å²) >= 11 is 1.87. The maximum atomic E-state index is 13.7. The lowest BCUT2D eigenvalue weighted by atomic mass is 9.94. The van der Waals surface area contributed by atoms with Crippen molar-refractivity contribution >= 4 is 23.2 Å². The van der Waals surface area contributed by atoms with Gasteiger partial charge in [-0.1, -0.05) is 79.7 Å². The van der Waals surface area contributed by atoms with Crippen molar-refractivity contribution in [2.45, 2.75) is 36.9 Å². The van der Waals surface area contributed by atoms with Crippen molar-refractivity contribution in [3.8, 4) is 0 Å². The van der Waals surface area contributed by atoms with Crippen molar-refractivity contribution in [3.05, 3.63) is 102 Å². The first-order valence-corrected chi connectivity index (χ1v) is 10.8. The van der Waals surface area contributed by atoms with Gasteiger partial charge in [-0.3, -0.25) is 4.79 Å². The van der Waals surface area contributed by atoms with Crippen LogP contribution in [0.2, 0.25) is 0 Å². The molecule has 28 heavy (non-hydrogen) atoms. The molecule has 0 radical (unpaired) electrons. The lowest BCUT2D eigenvalue weighted by molar-refractivity contribution is 0.0958. The first-order chi connectivity index (χ1) is 13.7. The normalized spacial score (nSPS) is 21.6. The molecular weight excluding hydrogens is 362 g/mol. The SMILES string of the molecule is CCc1ccc(C(=O)[C@@H]2[C@H](c3ccccc3)S[C@H](C)N2c2ccccc2)cc1. The van der Waals surface area contributed by atoms with Crippen LogP contribution >= 0.6 is 11.8 Å². The number of hydrogen-bond acceptors (Lipinski definition) is 3. The van der Waals surface area contributed by atoms with Crippen molar-refractivity contribution < 1.29 is 4.79 Å². The number of hydrogen-bond donors (Lipinski definition) is 0. The number of Topliss-reactive ketones (excluding diaryl/α,β-unsaturated/α-hetero) is 1. The van der Waals surface area contributed by atoms with E-state index in [9.17, 15) is 4.79 Å². The van der Waals surface area contributed by atoms with E-state index in [1.165, 1.54) is 11.1 Å². The molecule has 0 amide bonds. The van der Waals surface area contributed by atoms with Gasteiger partial charge >= 0.3 is 0 Å². The van der Waals surface area contributed by atoms with Crippen molar-refractivity contribution in [3.63, 3.8) is 0 Å². The summed E-state index contributed by atoms with van der Waals surface area (Å²) in [4.78, 5) is 16.0. The van der Waals surface area contributed by atoms with E-state index in [1.807, 2.05) is 48.2 Å². The zero-order chi connectivity index (χ0) is 19.5. The fourth-order valence-corrected chi connectivity index (χ4v) is 5.46. The van der Waals surface area contributed by atoms with Gasteiger partial charge in [-0.05, 0) is 36.6 Å². The van der Waals surface area contributed by atoms with E-state index in [-0.39, 0.29) is 22.4 Å². The second-order valence-electron chi connectivity index (χ2n) is 7.17. The van der Waals surface area contributed by atoms with Crippen LogP contribution < -0.4 is 4.90 Å². The molecular formula is C25H25NOS. The summed E-state index contributed by atoms with van der Waals surface area (Å²) in [6, 6.07) is 28.6. The zero-order valence-electron chi connectivity index (χ0n) is 16.3. The number of ketones is 1. The summed E-state index contributed by atoms with van der Waals surface area (Å²) in [6.07, 6.45) is 0.980. The quantitative estimate of drug-likeness (QED) is 0.490. The summed E-state index contributed by atoms with van der Waals surface area (Å²) in [6.45, 7) is 4.33. The molecule has 1 saturated heterocycles. The summed E-state index contributed by atoms with van der Waals surface area (Å²) in [7, 11) is 0. The molecule has 1 aliphatic rings. The Balaban J connectivity index is 1.76. The first-order valence-electron chi connectivity index (χ1n) is 9.86. The molecule has 0 bridgehead atoms. The van der Waals surface area contributed by atoms with Crippen LogP contribution in [-0.4, -0.2) is 17.2 Å². The Morgan fingerprint density at radius 3 is 2.11 bits per heavy atom. The van der Waals surface area contributed by atoms with Crippen molar-refractivity contribution in [1.29, 1.82) is 0 Å². The fraction of sp³-hybridized carbons (Fsp3) is 0.240. The number of carbonyl (C=O) groups excluding carboxylic acids is 1. The van der Waals surface area contributed by atoms with Gasteiger partial charge in [0.25, 0.3) is 0 Å². The highest BCUT2D eigenvalue weighted by molar-refractivity contribution is 8.00. The van der Waals surface area contributed by atoms with E-state index in [2.05, 4.69) is 67.3 Å². The van der Waals surface area contributed by atoms with Crippen LogP contribution in [0.1, 0.15) is 40.6 Å². The molecule has 0 saturated carbocycles. The lowest BCUT2D eigenvalue weighted by Crippen LogP contribution is -2.42. The number of aryl methyl sites for hydroxylation is 1. The van der Waals surface area contributed by atoms with Crippen molar-refractivity contribution in [1.82, 2.24) is 0 Å². The average molecular weight is 388 g/mol. The molecule has 3 atom stereocenters. The van der Waals surface area contributed by atoms with Gasteiger partial charge in [0.15, 0.2) is 5.78 Å². The minimum absolute atomic E-state index is 0.106. The van der Waals surface area contributed by atoms with Gasteiger partial charge in [0, 0.05) is 11.3 Å². The molecule has 3 heteroatoms. The molecule has 1 fully saturated rings. The second kappa shape index (κ2) is 8.24. The highest BCUT2D eigenvalue weighted by Crippen LogP contribution is 2.48. The summed E-state index contributed by atoms with van der Waals surface area (Å²) in [5.74, 6) is 0.192. The summed E-state index contributed by atoms with van der Waals surface area (Å²) < 4.78 is 0. The summed E-state index contributed by atoms with van der Waals surface area (Å²) in [5.41, 5.74) is 4.36. The van der Waals surface area contributed by atoms with Gasteiger partial charge in [-0.2, -0.15) is 0 Å². The first kappa shape index (κ1) is 18.8. The molecule has 0 aromatic heterocycles. The molecule has 0 aliphatic carbocycles. The Hall–Kier alpha value is -2.52. The largest absolute Gasteiger partial charge is 0.348 e. The standard InChI is InChI=1S/C25H25NOS/c1-3-19-14-16-20(17-15-19)24(27)23-25(21-10-6-4-7-11-21)28-18(2)26(23)22-12-8-5-9-13-22/h4-18,23,25H,3H2,1-2H3/t18-,23-,25+/m1/s1. The third kappa shape index (κ3) is 3.59. The van der Waals surface area contributed by atoms with Crippen LogP contribution in [0.15, 0.2) is 84.9 Å². The number of anilines is 1. The average Bonchev–Trinajstić information content (AvgIpc) is 3.11. The molecule has 2 nitrogen and oxygen atoms in total. The third-order valence-corrected chi connectivity index (χ3v) is 6.86. The Morgan fingerprint density at radius 2 is 1.50 bits per heavy atom. The lowest BCUT2D eigenvalue weighted by Gasteiger charge is -2.30. The van der Waals surface area contributed by atoms with E-state index < -0.39 is 0 Å². The number of nitrogens with zero attached hydrogens (tertiary/aromatic N) is 1. The van der Waals surface area contributed by atoms with Crippen LogP contribution in [0.5, 0.6) is 0 Å². The van der Waals surface area contributed by atoms with Crippen LogP contribution in [0.4, 0.5) is 5.69 Å². The Kier molecular flexibility index (Phi) is 5.54. The van der Waals surface area contributed by atoms with E-state index >= 15 is 0 Å². The molecule has 142 valence electrons. The molecule has 0 unspecified atom stereocenters. The van der Waals surface area contributed by atoms with E-state index in [0.29, 0.717) is 0 Å². The molecule has 0 N–H and O–H groups in total. The van der Waals surface area contributed by atoms with E-state index in [1.54, 1.807) is 0 Å². The molecule has 3 aromatic rings. The van der Waals surface area contributed by atoms with Crippen LogP contribution in [-0.2, 0) is 6.42 Å².